The molecule has 1 aromatic rings. The van der Waals surface area contributed by atoms with Crippen LogP contribution in [0.2, 0.25) is 10.0 Å². The molecule has 1 aromatic carbocycles. The molecule has 0 radical (unpaired) electrons. The van der Waals surface area contributed by atoms with Crippen molar-refractivity contribution in [2.75, 3.05) is 13.1 Å². The van der Waals surface area contributed by atoms with Gasteiger partial charge in [0, 0.05) is 16.6 Å². The Balaban J connectivity index is 0.00000324. The Hall–Kier alpha value is -0.640. The Morgan fingerprint density at radius 2 is 2.11 bits per heavy atom. The van der Waals surface area contributed by atoms with Crippen molar-refractivity contribution in [2.45, 2.75) is 13.5 Å². The van der Waals surface area contributed by atoms with Crippen molar-refractivity contribution in [3.05, 3.63) is 33.8 Å². The Labute approximate surface area is 141 Å². The largest absolute Gasteiger partial charge is 0.357 e. The molecule has 0 spiro atoms. The van der Waals surface area contributed by atoms with E-state index in [-0.39, 0.29) is 24.0 Å². The lowest BCUT2D eigenvalue weighted by Crippen LogP contribution is -2.37. The molecule has 19 heavy (non-hydrogen) atoms. The molecular weight excluding hydrogens is 396 g/mol. The maximum Gasteiger partial charge on any atom is 0.192 e. The van der Waals surface area contributed by atoms with Crippen LogP contribution in [0.3, 0.4) is 0 Å². The summed E-state index contributed by atoms with van der Waals surface area (Å²) in [6.07, 6.45) is 5.19. The predicted octanol–water partition coefficient (Wildman–Crippen LogP) is 3.30. The minimum Gasteiger partial charge on any atom is -0.357 e. The van der Waals surface area contributed by atoms with Crippen LogP contribution in [0, 0.1) is 12.3 Å². The van der Waals surface area contributed by atoms with Crippen molar-refractivity contribution >= 4 is 53.1 Å². The maximum atomic E-state index is 6.07. The number of rotatable bonds is 4. The van der Waals surface area contributed by atoms with Gasteiger partial charge in [0.05, 0.1) is 13.1 Å². The lowest BCUT2D eigenvalue weighted by molar-refractivity contribution is 0.865. The molecule has 0 saturated heterocycles. The molecule has 0 aromatic heterocycles. The third-order valence-electron chi connectivity index (χ3n) is 2.12. The van der Waals surface area contributed by atoms with Crippen LogP contribution in [-0.4, -0.2) is 19.0 Å². The molecule has 0 atom stereocenters. The number of aliphatic imine (C=N–C) groups is 1. The number of benzene rings is 1. The van der Waals surface area contributed by atoms with Gasteiger partial charge >= 0.3 is 0 Å². The van der Waals surface area contributed by atoms with Crippen molar-refractivity contribution in [3.63, 3.8) is 0 Å². The summed E-state index contributed by atoms with van der Waals surface area (Å²) < 4.78 is 0. The van der Waals surface area contributed by atoms with Crippen molar-refractivity contribution in [3.8, 4) is 12.3 Å². The van der Waals surface area contributed by atoms with E-state index in [9.17, 15) is 0 Å². The average Bonchev–Trinajstić information content (AvgIpc) is 2.34. The summed E-state index contributed by atoms with van der Waals surface area (Å²) in [5, 5.41) is 7.32. The normalized spacial score (nSPS) is 10.3. The van der Waals surface area contributed by atoms with Crippen molar-refractivity contribution in [1.82, 2.24) is 10.6 Å². The van der Waals surface area contributed by atoms with Crippen LogP contribution in [-0.2, 0) is 6.54 Å². The first-order chi connectivity index (χ1) is 8.67. The molecule has 6 heteroatoms. The fraction of sp³-hybridized carbons (Fsp3) is 0.308. The number of terminal acetylenes is 1. The van der Waals surface area contributed by atoms with Gasteiger partial charge in [0.25, 0.3) is 0 Å². The number of hydrogen-bond donors (Lipinski definition) is 2. The SMILES string of the molecule is C#CCNC(=NCc1ccc(Cl)cc1Cl)NCC.I. The van der Waals surface area contributed by atoms with Crippen LogP contribution in [0.1, 0.15) is 12.5 Å². The first kappa shape index (κ1) is 18.4. The van der Waals surface area contributed by atoms with Crippen molar-refractivity contribution in [1.29, 1.82) is 0 Å². The highest BCUT2D eigenvalue weighted by Crippen LogP contribution is 2.21. The Morgan fingerprint density at radius 3 is 2.68 bits per heavy atom. The number of guanidine groups is 1. The van der Waals surface area contributed by atoms with E-state index in [1.807, 2.05) is 13.0 Å². The van der Waals surface area contributed by atoms with Gasteiger partial charge in [-0.2, -0.15) is 0 Å². The van der Waals surface area contributed by atoms with E-state index < -0.39 is 0 Å². The molecule has 0 bridgehead atoms. The Bertz CT molecular complexity index is 469. The smallest absolute Gasteiger partial charge is 0.192 e. The number of hydrogen-bond acceptors (Lipinski definition) is 1. The molecule has 0 saturated carbocycles. The Kier molecular flexibility index (Phi) is 9.84. The van der Waals surface area contributed by atoms with Gasteiger partial charge in [-0.15, -0.1) is 30.4 Å². The monoisotopic (exact) mass is 411 g/mol. The first-order valence-corrected chi connectivity index (χ1v) is 6.32. The molecule has 0 fully saturated rings. The van der Waals surface area contributed by atoms with Gasteiger partial charge in [-0.05, 0) is 24.6 Å². The fourth-order valence-electron chi connectivity index (χ4n) is 1.29. The van der Waals surface area contributed by atoms with Gasteiger partial charge in [0.1, 0.15) is 0 Å². The summed E-state index contributed by atoms with van der Waals surface area (Å²) in [5.41, 5.74) is 0.916. The summed E-state index contributed by atoms with van der Waals surface area (Å²) in [6, 6.07) is 5.36. The van der Waals surface area contributed by atoms with Crippen LogP contribution < -0.4 is 10.6 Å². The summed E-state index contributed by atoms with van der Waals surface area (Å²) >= 11 is 11.9. The summed E-state index contributed by atoms with van der Waals surface area (Å²) in [7, 11) is 0. The van der Waals surface area contributed by atoms with Gasteiger partial charge in [-0.25, -0.2) is 4.99 Å². The quantitative estimate of drug-likeness (QED) is 0.345. The molecular formula is C13H16Cl2IN3. The molecule has 104 valence electrons. The molecule has 0 unspecified atom stereocenters. The second-order valence-corrected chi connectivity index (χ2v) is 4.33. The minimum absolute atomic E-state index is 0. The topological polar surface area (TPSA) is 36.4 Å². The zero-order chi connectivity index (χ0) is 13.4. The lowest BCUT2D eigenvalue weighted by Gasteiger charge is -2.09. The third-order valence-corrected chi connectivity index (χ3v) is 2.71. The second kappa shape index (κ2) is 10.2. The predicted molar refractivity (Wildman–Crippen MR) is 93.5 cm³/mol. The van der Waals surface area contributed by atoms with Gasteiger partial charge in [-0.3, -0.25) is 0 Å². The molecule has 3 nitrogen and oxygen atoms in total. The highest BCUT2D eigenvalue weighted by atomic mass is 127. The molecule has 2 N–H and O–H groups in total. The van der Waals surface area contributed by atoms with Gasteiger partial charge in [-0.1, -0.05) is 35.2 Å². The van der Waals surface area contributed by atoms with E-state index in [4.69, 9.17) is 29.6 Å². The molecule has 0 aliphatic rings. The molecule has 1 rings (SSSR count). The zero-order valence-corrected chi connectivity index (χ0v) is 14.4. The zero-order valence-electron chi connectivity index (χ0n) is 10.5. The van der Waals surface area contributed by atoms with Gasteiger partial charge < -0.3 is 10.6 Å². The van der Waals surface area contributed by atoms with E-state index in [1.54, 1.807) is 12.1 Å². The fourth-order valence-corrected chi connectivity index (χ4v) is 1.76. The van der Waals surface area contributed by atoms with Crippen LogP contribution in [0.25, 0.3) is 0 Å². The molecule has 0 aliphatic carbocycles. The first-order valence-electron chi connectivity index (χ1n) is 5.57. The number of nitrogens with one attached hydrogen (secondary N) is 2. The highest BCUT2D eigenvalue weighted by Gasteiger charge is 2.01. The second-order valence-electron chi connectivity index (χ2n) is 3.49. The molecule has 0 aliphatic heterocycles. The lowest BCUT2D eigenvalue weighted by atomic mass is 10.2. The van der Waals surface area contributed by atoms with Crippen LogP contribution >= 0.6 is 47.2 Å². The van der Waals surface area contributed by atoms with E-state index in [0.717, 1.165) is 12.1 Å². The number of nitrogens with zero attached hydrogens (tertiary/aromatic N) is 1. The minimum atomic E-state index is 0. The van der Waals surface area contributed by atoms with E-state index >= 15 is 0 Å². The molecule has 0 heterocycles. The summed E-state index contributed by atoms with van der Waals surface area (Å²) in [6.45, 7) is 3.66. The summed E-state index contributed by atoms with van der Waals surface area (Å²) in [5.74, 6) is 3.17. The third kappa shape index (κ3) is 6.90. The van der Waals surface area contributed by atoms with Gasteiger partial charge in [0.2, 0.25) is 0 Å². The maximum absolute atomic E-state index is 6.07. The van der Waals surface area contributed by atoms with Crippen LogP contribution in [0.15, 0.2) is 23.2 Å². The summed E-state index contributed by atoms with van der Waals surface area (Å²) in [4.78, 5) is 4.38. The van der Waals surface area contributed by atoms with Gasteiger partial charge in [0.15, 0.2) is 5.96 Å². The van der Waals surface area contributed by atoms with Crippen LogP contribution in [0.5, 0.6) is 0 Å². The van der Waals surface area contributed by atoms with E-state index in [1.165, 1.54) is 0 Å². The standard InChI is InChI=1S/C13H15Cl2N3.HI/c1-3-7-17-13(16-4-2)18-9-10-5-6-11(14)8-12(10)15;/h1,5-6,8H,4,7,9H2,2H3,(H2,16,17,18);1H. The number of halogens is 3. The van der Waals surface area contributed by atoms with Crippen molar-refractivity contribution in [2.24, 2.45) is 4.99 Å². The van der Waals surface area contributed by atoms with E-state index in [0.29, 0.717) is 29.1 Å². The van der Waals surface area contributed by atoms with Crippen LogP contribution in [0.4, 0.5) is 0 Å². The Morgan fingerprint density at radius 1 is 1.37 bits per heavy atom. The van der Waals surface area contributed by atoms with E-state index in [2.05, 4.69) is 21.5 Å². The average molecular weight is 412 g/mol. The van der Waals surface area contributed by atoms with Crippen molar-refractivity contribution < 1.29 is 0 Å². The highest BCUT2D eigenvalue weighted by molar-refractivity contribution is 14.0. The molecule has 0 amide bonds.